The Morgan fingerprint density at radius 1 is 0.792 bits per heavy atom. The number of rotatable bonds is 1. The van der Waals surface area contributed by atoms with Gasteiger partial charge in [0.05, 0.1) is 10.3 Å². The maximum atomic E-state index is 11.5. The Labute approximate surface area is 142 Å². The molecule has 4 aromatic rings. The maximum Gasteiger partial charge on any atom is 0.277 e. The zero-order valence-electron chi connectivity index (χ0n) is 12.5. The van der Waals surface area contributed by atoms with Crippen molar-refractivity contribution in [2.75, 3.05) is 0 Å². The van der Waals surface area contributed by atoms with Crippen molar-refractivity contribution in [2.45, 2.75) is 9.79 Å². The van der Waals surface area contributed by atoms with Gasteiger partial charge in [0.15, 0.2) is 0 Å². The monoisotopic (exact) mass is 329 g/mol. The summed E-state index contributed by atoms with van der Waals surface area (Å²) >= 11 is 1.73. The molecule has 0 radical (unpaired) electrons. The quantitative estimate of drug-likeness (QED) is 0.214. The van der Waals surface area contributed by atoms with Crippen molar-refractivity contribution in [1.82, 2.24) is 0 Å². The van der Waals surface area contributed by atoms with Crippen molar-refractivity contribution < 1.29 is 4.92 Å². The predicted octanol–water partition coefficient (Wildman–Crippen LogP) is 6.03. The number of nitro groups is 1. The molecule has 0 unspecified atom stereocenters. The molecule has 4 heteroatoms. The highest BCUT2D eigenvalue weighted by Gasteiger charge is 2.23. The summed E-state index contributed by atoms with van der Waals surface area (Å²) in [6.07, 6.45) is 0. The molecule has 5 rings (SSSR count). The van der Waals surface area contributed by atoms with Gasteiger partial charge in [-0.3, -0.25) is 10.1 Å². The van der Waals surface area contributed by atoms with Crippen molar-refractivity contribution in [3.8, 4) is 11.1 Å². The first kappa shape index (κ1) is 13.6. The summed E-state index contributed by atoms with van der Waals surface area (Å²) in [4.78, 5) is 13.6. The van der Waals surface area contributed by atoms with Gasteiger partial charge in [-0.25, -0.2) is 0 Å². The Hall–Kier alpha value is -2.85. The van der Waals surface area contributed by atoms with Crippen LogP contribution in [0.1, 0.15) is 0 Å². The Balaban J connectivity index is 2.02. The molecule has 0 atom stereocenters. The third-order valence-corrected chi connectivity index (χ3v) is 5.65. The largest absolute Gasteiger partial charge is 0.277 e. The van der Waals surface area contributed by atoms with E-state index in [4.69, 9.17) is 0 Å². The summed E-state index contributed by atoms with van der Waals surface area (Å²) in [6, 6.07) is 21.8. The normalized spacial score (nSPS) is 12.3. The minimum Gasteiger partial charge on any atom is -0.258 e. The lowest BCUT2D eigenvalue weighted by molar-refractivity contribution is -0.383. The highest BCUT2D eigenvalue weighted by atomic mass is 32.2. The van der Waals surface area contributed by atoms with E-state index in [1.54, 1.807) is 23.9 Å². The zero-order chi connectivity index (χ0) is 16.3. The molecule has 0 fully saturated rings. The topological polar surface area (TPSA) is 43.1 Å². The van der Waals surface area contributed by atoms with Gasteiger partial charge in [0.25, 0.3) is 5.69 Å². The molecule has 3 nitrogen and oxygen atoms in total. The molecule has 1 aliphatic heterocycles. The van der Waals surface area contributed by atoms with Crippen LogP contribution < -0.4 is 0 Å². The molecular formula is C20H11NO2S. The van der Waals surface area contributed by atoms with Crippen LogP contribution in [0.5, 0.6) is 0 Å². The van der Waals surface area contributed by atoms with Crippen LogP contribution in [0.25, 0.3) is 32.7 Å². The van der Waals surface area contributed by atoms with Gasteiger partial charge in [-0.1, -0.05) is 60.3 Å². The standard InChI is InChI=1S/C20H11NO2S/c22-21(23)16-9-3-5-12-11-18-20-14(7-4-8-15(20)19(12)16)13-6-1-2-10-17(13)24-18/h1-11H. The molecular weight excluding hydrogens is 318 g/mol. The first-order valence-corrected chi connectivity index (χ1v) is 8.46. The Bertz CT molecular complexity index is 1170. The average Bonchev–Trinajstić information content (AvgIpc) is 2.61. The molecule has 0 amide bonds. The summed E-state index contributed by atoms with van der Waals surface area (Å²) in [5, 5.41) is 15.2. The van der Waals surface area contributed by atoms with Crippen LogP contribution in [-0.2, 0) is 0 Å². The van der Waals surface area contributed by atoms with Crippen LogP contribution in [0.4, 0.5) is 5.69 Å². The van der Waals surface area contributed by atoms with Gasteiger partial charge >= 0.3 is 0 Å². The van der Waals surface area contributed by atoms with Crippen LogP contribution in [-0.4, -0.2) is 4.92 Å². The third kappa shape index (κ3) is 1.74. The van der Waals surface area contributed by atoms with E-state index in [9.17, 15) is 10.1 Å². The molecule has 0 saturated heterocycles. The molecule has 1 aliphatic rings. The summed E-state index contributed by atoms with van der Waals surface area (Å²) < 4.78 is 0. The first-order valence-electron chi connectivity index (χ1n) is 7.64. The molecule has 1 heterocycles. The van der Waals surface area contributed by atoms with Crippen LogP contribution in [0.15, 0.2) is 76.5 Å². The van der Waals surface area contributed by atoms with E-state index in [2.05, 4.69) is 24.3 Å². The predicted molar refractivity (Wildman–Crippen MR) is 97.7 cm³/mol. The van der Waals surface area contributed by atoms with Crippen LogP contribution in [0.3, 0.4) is 0 Å². The van der Waals surface area contributed by atoms with Gasteiger partial charge in [-0.15, -0.1) is 0 Å². The molecule has 0 bridgehead atoms. The van der Waals surface area contributed by atoms with Gasteiger partial charge in [-0.2, -0.15) is 0 Å². The van der Waals surface area contributed by atoms with E-state index in [1.807, 2.05) is 30.3 Å². The van der Waals surface area contributed by atoms with Gasteiger partial charge in [-0.05, 0) is 34.0 Å². The Kier molecular flexibility index (Phi) is 2.73. The van der Waals surface area contributed by atoms with Crippen molar-refractivity contribution >= 4 is 39.0 Å². The first-order chi connectivity index (χ1) is 11.7. The fourth-order valence-corrected chi connectivity index (χ4v) is 4.74. The van der Waals surface area contributed by atoms with Crippen LogP contribution in [0.2, 0.25) is 0 Å². The molecule has 0 saturated carbocycles. The molecule has 0 aliphatic carbocycles. The van der Waals surface area contributed by atoms with Gasteiger partial charge in [0, 0.05) is 21.2 Å². The minimum absolute atomic E-state index is 0.167. The second kappa shape index (κ2) is 4.82. The molecule has 0 spiro atoms. The highest BCUT2D eigenvalue weighted by molar-refractivity contribution is 7.99. The summed E-state index contributed by atoms with van der Waals surface area (Å²) in [5.41, 5.74) is 2.51. The highest BCUT2D eigenvalue weighted by Crippen LogP contribution is 2.50. The molecule has 114 valence electrons. The van der Waals surface area contributed by atoms with Crippen LogP contribution in [0, 0.1) is 10.1 Å². The third-order valence-electron chi connectivity index (χ3n) is 4.54. The number of nitrogens with zero attached hydrogens (tertiary/aromatic N) is 1. The number of nitro benzene ring substituents is 1. The Morgan fingerprint density at radius 3 is 2.46 bits per heavy atom. The summed E-state index contributed by atoms with van der Waals surface area (Å²) in [5.74, 6) is 0. The van der Waals surface area contributed by atoms with Crippen molar-refractivity contribution in [3.63, 3.8) is 0 Å². The minimum atomic E-state index is -0.291. The lowest BCUT2D eigenvalue weighted by atomic mass is 9.93. The molecule has 4 aromatic carbocycles. The van der Waals surface area contributed by atoms with Gasteiger partial charge in [0.2, 0.25) is 0 Å². The van der Waals surface area contributed by atoms with E-state index in [0.717, 1.165) is 32.0 Å². The fraction of sp³-hybridized carbons (Fsp3) is 0. The number of non-ortho nitro benzene ring substituents is 1. The number of hydrogen-bond donors (Lipinski definition) is 0. The summed E-state index contributed by atoms with van der Waals surface area (Å²) in [7, 11) is 0. The van der Waals surface area contributed by atoms with Gasteiger partial charge < -0.3 is 0 Å². The average molecular weight is 329 g/mol. The number of hydrogen-bond acceptors (Lipinski definition) is 3. The molecule has 0 aromatic heterocycles. The summed E-state index contributed by atoms with van der Waals surface area (Å²) in [6.45, 7) is 0. The van der Waals surface area contributed by atoms with E-state index >= 15 is 0 Å². The second-order valence-electron chi connectivity index (χ2n) is 5.83. The van der Waals surface area contributed by atoms with E-state index in [0.29, 0.717) is 0 Å². The van der Waals surface area contributed by atoms with Crippen molar-refractivity contribution in [1.29, 1.82) is 0 Å². The van der Waals surface area contributed by atoms with Crippen molar-refractivity contribution in [2.24, 2.45) is 0 Å². The zero-order valence-corrected chi connectivity index (χ0v) is 13.3. The lowest BCUT2D eigenvalue weighted by Crippen LogP contribution is -1.95. The van der Waals surface area contributed by atoms with Gasteiger partial charge in [0.1, 0.15) is 0 Å². The van der Waals surface area contributed by atoms with E-state index in [1.165, 1.54) is 10.5 Å². The second-order valence-corrected chi connectivity index (χ2v) is 6.92. The smallest absolute Gasteiger partial charge is 0.258 e. The lowest BCUT2D eigenvalue weighted by Gasteiger charge is -2.21. The number of fused-ring (bicyclic) bond motifs is 4. The van der Waals surface area contributed by atoms with Crippen LogP contribution >= 0.6 is 11.8 Å². The fourth-order valence-electron chi connectivity index (χ4n) is 3.56. The maximum absolute atomic E-state index is 11.5. The van der Waals surface area contributed by atoms with E-state index < -0.39 is 0 Å². The number of benzene rings is 4. The SMILES string of the molecule is O=[N+]([O-])c1cccc2cc3c4c(cccc4c12)-c1ccccc1S3. The molecule has 0 N–H and O–H groups in total. The van der Waals surface area contributed by atoms with Crippen molar-refractivity contribution in [3.05, 3.63) is 76.8 Å². The Morgan fingerprint density at radius 2 is 1.58 bits per heavy atom. The van der Waals surface area contributed by atoms with E-state index in [-0.39, 0.29) is 10.6 Å². The molecule has 24 heavy (non-hydrogen) atoms.